The Morgan fingerprint density at radius 2 is 1.86 bits per heavy atom. The molecule has 1 aromatic rings. The Hall–Kier alpha value is -2.04. The summed E-state index contributed by atoms with van der Waals surface area (Å²) in [6.07, 6.45) is 1.31. The monoisotopic (exact) mass is 292 g/mol. The first-order valence-corrected chi connectivity index (χ1v) is 7.19. The summed E-state index contributed by atoms with van der Waals surface area (Å²) in [4.78, 5) is 23.4. The van der Waals surface area contributed by atoms with E-state index in [1.807, 2.05) is 44.2 Å². The van der Waals surface area contributed by atoms with Crippen molar-refractivity contribution in [1.82, 2.24) is 10.6 Å². The summed E-state index contributed by atoms with van der Waals surface area (Å²) in [5.41, 5.74) is 1.16. The number of carbonyl (C=O) groups is 2. The normalized spacial score (nSPS) is 11.8. The van der Waals surface area contributed by atoms with E-state index in [9.17, 15) is 9.59 Å². The van der Waals surface area contributed by atoms with Crippen LogP contribution in [0.3, 0.4) is 0 Å². The van der Waals surface area contributed by atoms with E-state index in [1.165, 1.54) is 7.11 Å². The number of carbonyl (C=O) groups excluding carboxylic acids is 2. The van der Waals surface area contributed by atoms with Crippen LogP contribution in [0.1, 0.15) is 25.8 Å². The van der Waals surface area contributed by atoms with Crippen LogP contribution in [0, 0.1) is 5.92 Å². The molecule has 0 aliphatic heterocycles. The molecule has 0 fully saturated rings. The third-order valence-corrected chi connectivity index (χ3v) is 3.04. The fourth-order valence-electron chi connectivity index (χ4n) is 2.00. The van der Waals surface area contributed by atoms with E-state index < -0.39 is 12.0 Å². The molecule has 21 heavy (non-hydrogen) atoms. The quantitative estimate of drug-likeness (QED) is 0.756. The van der Waals surface area contributed by atoms with Crippen molar-refractivity contribution in [3.05, 3.63) is 35.9 Å². The van der Waals surface area contributed by atoms with Gasteiger partial charge >= 0.3 is 12.0 Å². The highest BCUT2D eigenvalue weighted by Crippen LogP contribution is 2.06. The summed E-state index contributed by atoms with van der Waals surface area (Å²) in [5.74, 6) is -0.124. The van der Waals surface area contributed by atoms with Crippen molar-refractivity contribution in [3.63, 3.8) is 0 Å². The maximum Gasteiger partial charge on any atom is 0.328 e. The van der Waals surface area contributed by atoms with E-state index in [2.05, 4.69) is 10.6 Å². The van der Waals surface area contributed by atoms with Crippen molar-refractivity contribution in [2.45, 2.75) is 32.7 Å². The minimum atomic E-state index is -0.605. The highest BCUT2D eigenvalue weighted by Gasteiger charge is 2.22. The molecule has 0 spiro atoms. The number of rotatable bonds is 7. The van der Waals surface area contributed by atoms with Crippen molar-refractivity contribution < 1.29 is 14.3 Å². The van der Waals surface area contributed by atoms with E-state index in [0.717, 1.165) is 12.0 Å². The molecule has 1 aromatic carbocycles. The van der Waals surface area contributed by atoms with E-state index in [0.29, 0.717) is 18.9 Å². The summed E-state index contributed by atoms with van der Waals surface area (Å²) in [6.45, 7) is 4.50. The van der Waals surface area contributed by atoms with Gasteiger partial charge in [-0.1, -0.05) is 44.2 Å². The zero-order valence-electron chi connectivity index (χ0n) is 12.9. The second-order valence-electron chi connectivity index (χ2n) is 5.34. The molecule has 0 unspecified atom stereocenters. The van der Waals surface area contributed by atoms with E-state index in [-0.39, 0.29) is 6.03 Å². The lowest BCUT2D eigenvalue weighted by Crippen LogP contribution is -2.47. The average molecular weight is 292 g/mol. The van der Waals surface area contributed by atoms with Crippen LogP contribution < -0.4 is 10.6 Å². The topological polar surface area (TPSA) is 67.4 Å². The molecular formula is C16H24N2O3. The number of ether oxygens (including phenoxy) is 1. The molecule has 0 radical (unpaired) electrons. The van der Waals surface area contributed by atoms with Gasteiger partial charge in [-0.15, -0.1) is 0 Å². The molecule has 1 atom stereocenters. The number of hydrogen-bond acceptors (Lipinski definition) is 3. The van der Waals surface area contributed by atoms with Crippen LogP contribution in [-0.2, 0) is 16.0 Å². The molecule has 0 saturated carbocycles. The van der Waals surface area contributed by atoms with E-state index in [1.54, 1.807) is 0 Å². The molecule has 0 aliphatic rings. The van der Waals surface area contributed by atoms with Crippen LogP contribution in [-0.4, -0.2) is 31.7 Å². The lowest BCUT2D eigenvalue weighted by atomic mass is 10.0. The lowest BCUT2D eigenvalue weighted by Gasteiger charge is -2.18. The predicted molar refractivity (Wildman–Crippen MR) is 81.9 cm³/mol. The van der Waals surface area contributed by atoms with Crippen molar-refractivity contribution in [2.24, 2.45) is 5.92 Å². The van der Waals surface area contributed by atoms with Gasteiger partial charge in [-0.3, -0.25) is 0 Å². The highest BCUT2D eigenvalue weighted by molar-refractivity contribution is 5.83. The van der Waals surface area contributed by atoms with Gasteiger partial charge in [-0.05, 0) is 24.3 Å². The Morgan fingerprint density at radius 3 is 2.43 bits per heavy atom. The van der Waals surface area contributed by atoms with Gasteiger partial charge in [0.2, 0.25) is 0 Å². The molecule has 2 amide bonds. The predicted octanol–water partition coefficient (Wildman–Crippen LogP) is 2.12. The van der Waals surface area contributed by atoms with Gasteiger partial charge in [0.25, 0.3) is 0 Å². The fraction of sp³-hybridized carbons (Fsp3) is 0.500. The molecule has 5 nitrogen and oxygen atoms in total. The molecule has 5 heteroatoms. The lowest BCUT2D eigenvalue weighted by molar-refractivity contribution is -0.143. The average Bonchev–Trinajstić information content (AvgIpc) is 2.46. The SMILES string of the molecule is COC(=O)[C@H](CC(C)C)NC(=O)NCCc1ccccc1. The third kappa shape index (κ3) is 6.79. The van der Waals surface area contributed by atoms with Gasteiger partial charge in [-0.2, -0.15) is 0 Å². The first-order valence-electron chi connectivity index (χ1n) is 7.19. The van der Waals surface area contributed by atoms with Crippen LogP contribution >= 0.6 is 0 Å². The molecule has 0 aliphatic carbocycles. The zero-order valence-corrected chi connectivity index (χ0v) is 12.9. The Morgan fingerprint density at radius 1 is 1.19 bits per heavy atom. The molecular weight excluding hydrogens is 268 g/mol. The van der Waals surface area contributed by atoms with Crippen LogP contribution in [0.4, 0.5) is 4.79 Å². The maximum absolute atomic E-state index is 11.8. The van der Waals surface area contributed by atoms with Gasteiger partial charge in [-0.25, -0.2) is 9.59 Å². The zero-order chi connectivity index (χ0) is 15.7. The van der Waals surface area contributed by atoms with E-state index >= 15 is 0 Å². The van der Waals surface area contributed by atoms with Gasteiger partial charge in [0.05, 0.1) is 7.11 Å². The Kier molecular flexibility index (Phi) is 7.29. The second-order valence-corrected chi connectivity index (χ2v) is 5.34. The van der Waals surface area contributed by atoms with Crippen molar-refractivity contribution in [3.8, 4) is 0 Å². The largest absolute Gasteiger partial charge is 0.467 e. The number of urea groups is 1. The molecule has 0 bridgehead atoms. The van der Waals surface area contributed by atoms with Gasteiger partial charge in [0.15, 0.2) is 0 Å². The molecule has 1 rings (SSSR count). The summed E-state index contributed by atoms with van der Waals surface area (Å²) < 4.78 is 4.71. The molecule has 0 aromatic heterocycles. The Bertz CT molecular complexity index is 446. The van der Waals surface area contributed by atoms with Gasteiger partial charge in [0, 0.05) is 6.54 Å². The van der Waals surface area contributed by atoms with Crippen LogP contribution in [0.5, 0.6) is 0 Å². The molecule has 0 heterocycles. The Labute approximate surface area is 126 Å². The summed E-state index contributed by atoms with van der Waals surface area (Å²) in [5, 5.41) is 5.42. The molecule has 2 N–H and O–H groups in total. The number of amides is 2. The molecule has 0 saturated heterocycles. The minimum absolute atomic E-state index is 0.290. The number of esters is 1. The van der Waals surface area contributed by atoms with Crippen molar-refractivity contribution in [2.75, 3.05) is 13.7 Å². The third-order valence-electron chi connectivity index (χ3n) is 3.04. The van der Waals surface area contributed by atoms with Crippen molar-refractivity contribution >= 4 is 12.0 Å². The van der Waals surface area contributed by atoms with Crippen LogP contribution in [0.2, 0.25) is 0 Å². The number of nitrogens with one attached hydrogen (secondary N) is 2. The van der Waals surface area contributed by atoms with Gasteiger partial charge < -0.3 is 15.4 Å². The van der Waals surface area contributed by atoms with E-state index in [4.69, 9.17) is 4.74 Å². The summed E-state index contributed by atoms with van der Waals surface area (Å²) in [6, 6.07) is 8.95. The number of methoxy groups -OCH3 is 1. The summed E-state index contributed by atoms with van der Waals surface area (Å²) >= 11 is 0. The summed E-state index contributed by atoms with van der Waals surface area (Å²) in [7, 11) is 1.32. The highest BCUT2D eigenvalue weighted by atomic mass is 16.5. The molecule has 116 valence electrons. The Balaban J connectivity index is 2.37. The first kappa shape index (κ1) is 17.0. The van der Waals surface area contributed by atoms with Crippen molar-refractivity contribution in [1.29, 1.82) is 0 Å². The number of hydrogen-bond donors (Lipinski definition) is 2. The second kappa shape index (κ2) is 9.00. The smallest absolute Gasteiger partial charge is 0.328 e. The standard InChI is InChI=1S/C16H24N2O3/c1-12(2)11-14(15(19)21-3)18-16(20)17-10-9-13-7-5-4-6-8-13/h4-8,12,14H,9-11H2,1-3H3,(H2,17,18,20)/t14-/m0/s1. The fourth-order valence-corrected chi connectivity index (χ4v) is 2.00. The first-order chi connectivity index (χ1) is 10.0. The van der Waals surface area contributed by atoms with Crippen LogP contribution in [0.15, 0.2) is 30.3 Å². The van der Waals surface area contributed by atoms with Gasteiger partial charge in [0.1, 0.15) is 6.04 Å². The number of benzene rings is 1. The minimum Gasteiger partial charge on any atom is -0.467 e. The van der Waals surface area contributed by atoms with Crippen LogP contribution in [0.25, 0.3) is 0 Å². The maximum atomic E-state index is 11.8.